The summed E-state index contributed by atoms with van der Waals surface area (Å²) < 4.78 is 5.50. The average molecular weight is 218 g/mol. The molecular formula is C12H14N2O2. The van der Waals surface area contributed by atoms with Gasteiger partial charge in [-0.3, -0.25) is 4.79 Å². The molecule has 0 heterocycles. The molecular weight excluding hydrogens is 204 g/mol. The molecule has 1 rings (SSSR count). The van der Waals surface area contributed by atoms with E-state index in [0.29, 0.717) is 12.2 Å². The van der Waals surface area contributed by atoms with Gasteiger partial charge in [0.2, 0.25) is 0 Å². The van der Waals surface area contributed by atoms with Crippen molar-refractivity contribution in [3.05, 3.63) is 30.3 Å². The van der Waals surface area contributed by atoms with Crippen molar-refractivity contribution in [3.8, 4) is 11.8 Å². The lowest BCUT2D eigenvalue weighted by molar-refractivity contribution is -0.127. The van der Waals surface area contributed by atoms with Crippen LogP contribution in [0.1, 0.15) is 13.3 Å². The Labute approximate surface area is 94.8 Å². The average Bonchev–Trinajstić information content (AvgIpc) is 2.34. The van der Waals surface area contributed by atoms with Gasteiger partial charge in [-0.2, -0.15) is 5.26 Å². The van der Waals surface area contributed by atoms with Crippen LogP contribution < -0.4 is 10.1 Å². The predicted molar refractivity (Wildman–Crippen MR) is 59.8 cm³/mol. The van der Waals surface area contributed by atoms with Gasteiger partial charge in [-0.1, -0.05) is 25.1 Å². The molecule has 4 heteroatoms. The van der Waals surface area contributed by atoms with Gasteiger partial charge in [-0.15, -0.1) is 0 Å². The third-order valence-electron chi connectivity index (χ3n) is 2.03. The molecule has 16 heavy (non-hydrogen) atoms. The molecule has 0 saturated carbocycles. The summed E-state index contributed by atoms with van der Waals surface area (Å²) >= 11 is 0. The van der Waals surface area contributed by atoms with E-state index in [-0.39, 0.29) is 12.5 Å². The number of hydrogen-bond donors (Lipinski definition) is 1. The number of para-hydroxylation sites is 1. The van der Waals surface area contributed by atoms with Crippen molar-refractivity contribution in [3.63, 3.8) is 0 Å². The fraction of sp³-hybridized carbons (Fsp3) is 0.333. The predicted octanol–water partition coefficient (Wildman–Crippen LogP) is 1.48. The van der Waals surface area contributed by atoms with Crippen LogP contribution in [0.25, 0.3) is 0 Å². The van der Waals surface area contributed by atoms with Gasteiger partial charge < -0.3 is 10.1 Å². The first-order valence-electron chi connectivity index (χ1n) is 5.14. The van der Waals surface area contributed by atoms with Gasteiger partial charge in [0.25, 0.3) is 5.91 Å². The minimum Gasteiger partial charge on any atom is -0.481 e. The highest BCUT2D eigenvalue weighted by molar-refractivity contribution is 5.81. The molecule has 1 amide bonds. The molecule has 84 valence electrons. The van der Waals surface area contributed by atoms with E-state index in [2.05, 4.69) is 5.32 Å². The zero-order valence-electron chi connectivity index (χ0n) is 9.14. The molecule has 0 aliphatic rings. The Morgan fingerprint density at radius 2 is 2.19 bits per heavy atom. The van der Waals surface area contributed by atoms with Gasteiger partial charge >= 0.3 is 0 Å². The molecule has 0 aromatic heterocycles. The van der Waals surface area contributed by atoms with Crippen molar-refractivity contribution < 1.29 is 9.53 Å². The zero-order valence-corrected chi connectivity index (χ0v) is 9.14. The van der Waals surface area contributed by atoms with Crippen molar-refractivity contribution >= 4 is 5.91 Å². The molecule has 1 atom stereocenters. The number of nitrogens with zero attached hydrogens (tertiary/aromatic N) is 1. The Hall–Kier alpha value is -2.02. The second-order valence-electron chi connectivity index (χ2n) is 3.20. The smallest absolute Gasteiger partial charge is 0.261 e. The van der Waals surface area contributed by atoms with Crippen LogP contribution in [0.15, 0.2) is 30.3 Å². The van der Waals surface area contributed by atoms with Gasteiger partial charge in [0.1, 0.15) is 12.3 Å². The van der Waals surface area contributed by atoms with Crippen LogP contribution in [0.2, 0.25) is 0 Å². The number of ether oxygens (including phenoxy) is 1. The summed E-state index contributed by atoms with van der Waals surface area (Å²) in [6.45, 7) is 1.87. The Bertz CT molecular complexity index is 370. The fourth-order valence-corrected chi connectivity index (χ4v) is 1.23. The number of benzene rings is 1. The third-order valence-corrected chi connectivity index (χ3v) is 2.03. The molecule has 0 spiro atoms. The molecule has 0 unspecified atom stereocenters. The quantitative estimate of drug-likeness (QED) is 0.761. The normalized spacial score (nSPS) is 11.2. The van der Waals surface area contributed by atoms with Crippen molar-refractivity contribution in [1.29, 1.82) is 5.26 Å². The Morgan fingerprint density at radius 1 is 1.50 bits per heavy atom. The van der Waals surface area contributed by atoms with Gasteiger partial charge in [0.15, 0.2) is 6.10 Å². The zero-order chi connectivity index (χ0) is 11.8. The summed E-state index contributed by atoms with van der Waals surface area (Å²) in [4.78, 5) is 11.6. The number of nitriles is 1. The fourth-order valence-electron chi connectivity index (χ4n) is 1.23. The number of carbonyl (C=O) groups is 1. The summed E-state index contributed by atoms with van der Waals surface area (Å²) in [6, 6.07) is 11.0. The molecule has 4 nitrogen and oxygen atoms in total. The lowest BCUT2D eigenvalue weighted by Crippen LogP contribution is -2.38. The molecule has 0 aliphatic heterocycles. The van der Waals surface area contributed by atoms with E-state index in [4.69, 9.17) is 10.00 Å². The van der Waals surface area contributed by atoms with Crippen molar-refractivity contribution in [2.75, 3.05) is 6.54 Å². The maximum Gasteiger partial charge on any atom is 0.261 e. The van der Waals surface area contributed by atoms with Crippen LogP contribution in [0.3, 0.4) is 0 Å². The molecule has 0 aliphatic carbocycles. The summed E-state index contributed by atoms with van der Waals surface area (Å²) in [6.07, 6.45) is 0.0161. The van der Waals surface area contributed by atoms with Crippen molar-refractivity contribution in [2.24, 2.45) is 0 Å². The molecule has 1 N–H and O–H groups in total. The minimum atomic E-state index is -0.546. The molecule has 0 saturated heterocycles. The first-order chi connectivity index (χ1) is 7.77. The van der Waals surface area contributed by atoms with E-state index in [0.717, 1.165) is 0 Å². The van der Waals surface area contributed by atoms with Crippen LogP contribution >= 0.6 is 0 Å². The van der Waals surface area contributed by atoms with Gasteiger partial charge in [0.05, 0.1) is 6.07 Å². The molecule has 1 aromatic carbocycles. The highest BCUT2D eigenvalue weighted by Gasteiger charge is 2.17. The number of amides is 1. The standard InChI is InChI=1S/C12H14N2O2/c1-2-11(12(15)14-9-8-13)16-10-6-4-3-5-7-10/h3-7,11H,2,9H2,1H3,(H,14,15)/t11-/m1/s1. The summed E-state index contributed by atoms with van der Waals surface area (Å²) in [7, 11) is 0. The van der Waals surface area contributed by atoms with E-state index in [1.54, 1.807) is 12.1 Å². The van der Waals surface area contributed by atoms with Crippen molar-refractivity contribution in [2.45, 2.75) is 19.4 Å². The number of rotatable bonds is 5. The lowest BCUT2D eigenvalue weighted by Gasteiger charge is -2.16. The largest absolute Gasteiger partial charge is 0.481 e. The maximum atomic E-state index is 11.6. The van der Waals surface area contributed by atoms with Crippen molar-refractivity contribution in [1.82, 2.24) is 5.32 Å². The first kappa shape index (κ1) is 12.1. The van der Waals surface area contributed by atoms with Crippen LogP contribution in [-0.2, 0) is 4.79 Å². The Morgan fingerprint density at radius 3 is 2.75 bits per heavy atom. The van der Waals surface area contributed by atoms with E-state index < -0.39 is 6.10 Å². The Kier molecular flexibility index (Phi) is 4.87. The number of nitrogens with one attached hydrogen (secondary N) is 1. The van der Waals surface area contributed by atoms with Crippen LogP contribution in [0.4, 0.5) is 0 Å². The van der Waals surface area contributed by atoms with Crippen LogP contribution in [0.5, 0.6) is 5.75 Å². The SMILES string of the molecule is CC[C@@H](Oc1ccccc1)C(=O)NCC#N. The highest BCUT2D eigenvalue weighted by atomic mass is 16.5. The van der Waals surface area contributed by atoms with E-state index in [1.165, 1.54) is 0 Å². The second kappa shape index (κ2) is 6.46. The third kappa shape index (κ3) is 3.62. The summed E-state index contributed by atoms with van der Waals surface area (Å²) in [5, 5.41) is 10.8. The summed E-state index contributed by atoms with van der Waals surface area (Å²) in [5.74, 6) is 0.398. The molecule has 1 aromatic rings. The van der Waals surface area contributed by atoms with Gasteiger partial charge in [-0.25, -0.2) is 0 Å². The van der Waals surface area contributed by atoms with Gasteiger partial charge in [0, 0.05) is 0 Å². The maximum absolute atomic E-state index is 11.6. The Balaban J connectivity index is 2.56. The lowest BCUT2D eigenvalue weighted by atomic mass is 10.2. The summed E-state index contributed by atoms with van der Waals surface area (Å²) in [5.41, 5.74) is 0. The van der Waals surface area contributed by atoms with Crippen LogP contribution in [0, 0.1) is 11.3 Å². The number of hydrogen-bond acceptors (Lipinski definition) is 3. The molecule has 0 bridgehead atoms. The van der Waals surface area contributed by atoms with E-state index >= 15 is 0 Å². The first-order valence-corrected chi connectivity index (χ1v) is 5.14. The van der Waals surface area contributed by atoms with Gasteiger partial charge in [-0.05, 0) is 18.6 Å². The minimum absolute atomic E-state index is 0.00742. The van der Waals surface area contributed by atoms with E-state index in [1.807, 2.05) is 31.2 Å². The van der Waals surface area contributed by atoms with Crippen LogP contribution in [-0.4, -0.2) is 18.6 Å². The highest BCUT2D eigenvalue weighted by Crippen LogP contribution is 2.12. The molecule has 0 fully saturated rings. The second-order valence-corrected chi connectivity index (χ2v) is 3.20. The molecule has 0 radical (unpaired) electrons. The topological polar surface area (TPSA) is 62.1 Å². The van der Waals surface area contributed by atoms with E-state index in [9.17, 15) is 4.79 Å². The number of carbonyl (C=O) groups excluding carboxylic acids is 1. The monoisotopic (exact) mass is 218 g/mol.